The van der Waals surface area contributed by atoms with E-state index < -0.39 is 10.0 Å². The minimum atomic E-state index is -3.42. The lowest BCUT2D eigenvalue weighted by Gasteiger charge is -2.34. The van der Waals surface area contributed by atoms with Crippen molar-refractivity contribution in [1.29, 1.82) is 0 Å². The molecular formula is C20H28ClN3O2S. The van der Waals surface area contributed by atoms with Crippen LogP contribution in [0.3, 0.4) is 0 Å². The Morgan fingerprint density at radius 3 is 2.19 bits per heavy atom. The molecule has 0 radical (unpaired) electrons. The van der Waals surface area contributed by atoms with E-state index >= 15 is 0 Å². The number of nitrogens with zero attached hydrogens (tertiary/aromatic N) is 2. The summed E-state index contributed by atoms with van der Waals surface area (Å²) in [6, 6.07) is 15.1. The summed E-state index contributed by atoms with van der Waals surface area (Å²) in [5.74, 6) is 0.391. The maximum absolute atomic E-state index is 12.9. The van der Waals surface area contributed by atoms with Gasteiger partial charge >= 0.3 is 0 Å². The number of benzene rings is 2. The second-order valence-corrected chi connectivity index (χ2v) is 9.09. The molecule has 1 aliphatic rings. The van der Waals surface area contributed by atoms with Crippen LogP contribution in [0.5, 0.6) is 0 Å². The molecule has 0 atom stereocenters. The van der Waals surface area contributed by atoms with Crippen LogP contribution >= 0.6 is 12.4 Å². The monoisotopic (exact) mass is 409 g/mol. The highest BCUT2D eigenvalue weighted by molar-refractivity contribution is 7.89. The number of halogens is 1. The van der Waals surface area contributed by atoms with Crippen molar-refractivity contribution in [3.05, 3.63) is 59.7 Å². The molecule has 0 aromatic heterocycles. The Labute approximate surface area is 168 Å². The van der Waals surface area contributed by atoms with Gasteiger partial charge in [0.05, 0.1) is 4.90 Å². The van der Waals surface area contributed by atoms with E-state index in [1.54, 1.807) is 16.4 Å². The molecule has 1 saturated heterocycles. The van der Waals surface area contributed by atoms with Gasteiger partial charge in [-0.05, 0) is 41.3 Å². The molecule has 2 aromatic carbocycles. The molecule has 1 aliphatic heterocycles. The van der Waals surface area contributed by atoms with Crippen LogP contribution in [0.25, 0.3) is 0 Å². The second kappa shape index (κ2) is 9.06. The summed E-state index contributed by atoms with van der Waals surface area (Å²) in [6.45, 7) is 7.46. The van der Waals surface area contributed by atoms with Crippen molar-refractivity contribution in [3.63, 3.8) is 0 Å². The number of hydrogen-bond acceptors (Lipinski definition) is 4. The minimum Gasteiger partial charge on any atom is -0.399 e. The van der Waals surface area contributed by atoms with Crippen LogP contribution in [0.1, 0.15) is 30.9 Å². The number of hydrogen-bond donors (Lipinski definition) is 1. The molecule has 148 valence electrons. The summed E-state index contributed by atoms with van der Waals surface area (Å²) in [6.07, 6.45) is 0. The lowest BCUT2D eigenvalue weighted by Crippen LogP contribution is -2.48. The molecule has 1 fully saturated rings. The van der Waals surface area contributed by atoms with Crippen LogP contribution in [-0.2, 0) is 16.6 Å². The SMILES string of the molecule is CC(C)c1ccc(S(=O)(=O)N2CCN(Cc3cccc(N)c3)CC2)cc1.Cl. The molecule has 0 bridgehead atoms. The zero-order chi connectivity index (χ0) is 18.7. The average molecular weight is 410 g/mol. The first kappa shape index (κ1) is 21.7. The molecule has 2 N–H and O–H groups in total. The largest absolute Gasteiger partial charge is 0.399 e. The van der Waals surface area contributed by atoms with E-state index in [0.29, 0.717) is 23.9 Å². The molecule has 0 spiro atoms. The number of nitrogens with two attached hydrogens (primary N) is 1. The molecule has 0 saturated carbocycles. The number of nitrogen functional groups attached to an aromatic ring is 1. The predicted molar refractivity (Wildman–Crippen MR) is 113 cm³/mol. The Hall–Kier alpha value is -1.60. The van der Waals surface area contributed by atoms with E-state index in [1.807, 2.05) is 30.3 Å². The zero-order valence-electron chi connectivity index (χ0n) is 15.8. The van der Waals surface area contributed by atoms with Crippen LogP contribution in [0.4, 0.5) is 5.69 Å². The summed E-state index contributed by atoms with van der Waals surface area (Å²) >= 11 is 0. The quantitative estimate of drug-likeness (QED) is 0.769. The van der Waals surface area contributed by atoms with Crippen LogP contribution < -0.4 is 5.73 Å². The molecule has 1 heterocycles. The smallest absolute Gasteiger partial charge is 0.243 e. The van der Waals surface area contributed by atoms with Gasteiger partial charge in [0.25, 0.3) is 0 Å². The van der Waals surface area contributed by atoms with Crippen LogP contribution in [0.2, 0.25) is 0 Å². The number of rotatable bonds is 5. The Morgan fingerprint density at radius 1 is 1.00 bits per heavy atom. The lowest BCUT2D eigenvalue weighted by molar-refractivity contribution is 0.181. The van der Waals surface area contributed by atoms with E-state index in [0.717, 1.165) is 36.4 Å². The summed E-state index contributed by atoms with van der Waals surface area (Å²) in [5, 5.41) is 0. The lowest BCUT2D eigenvalue weighted by atomic mass is 10.0. The fourth-order valence-electron chi connectivity index (χ4n) is 3.25. The predicted octanol–water partition coefficient (Wildman–Crippen LogP) is 3.32. The van der Waals surface area contributed by atoms with E-state index in [1.165, 1.54) is 0 Å². The number of piperazine rings is 1. The van der Waals surface area contributed by atoms with Gasteiger partial charge < -0.3 is 5.73 Å². The van der Waals surface area contributed by atoms with Gasteiger partial charge in [-0.15, -0.1) is 12.4 Å². The van der Waals surface area contributed by atoms with Crippen LogP contribution in [0.15, 0.2) is 53.4 Å². The first-order valence-corrected chi connectivity index (χ1v) is 10.5. The first-order chi connectivity index (χ1) is 12.4. The van der Waals surface area contributed by atoms with Crippen molar-refractivity contribution in [1.82, 2.24) is 9.21 Å². The molecular weight excluding hydrogens is 382 g/mol. The summed E-state index contributed by atoms with van der Waals surface area (Å²) < 4.78 is 27.3. The minimum absolute atomic E-state index is 0. The van der Waals surface area contributed by atoms with Crippen molar-refractivity contribution in [2.75, 3.05) is 31.9 Å². The molecule has 3 rings (SSSR count). The topological polar surface area (TPSA) is 66.6 Å². The normalized spacial score (nSPS) is 16.3. The van der Waals surface area contributed by atoms with E-state index in [2.05, 4.69) is 24.8 Å². The fourth-order valence-corrected chi connectivity index (χ4v) is 4.67. The third-order valence-electron chi connectivity index (χ3n) is 4.87. The maximum Gasteiger partial charge on any atom is 0.243 e. The second-order valence-electron chi connectivity index (χ2n) is 7.15. The third-order valence-corrected chi connectivity index (χ3v) is 6.79. The highest BCUT2D eigenvalue weighted by Gasteiger charge is 2.28. The highest BCUT2D eigenvalue weighted by Crippen LogP contribution is 2.21. The molecule has 0 unspecified atom stereocenters. The van der Waals surface area contributed by atoms with Crippen molar-refractivity contribution in [2.45, 2.75) is 31.2 Å². The summed E-state index contributed by atoms with van der Waals surface area (Å²) in [4.78, 5) is 2.65. The summed E-state index contributed by atoms with van der Waals surface area (Å²) in [5.41, 5.74) is 8.90. The number of sulfonamides is 1. The average Bonchev–Trinajstić information content (AvgIpc) is 2.62. The zero-order valence-corrected chi connectivity index (χ0v) is 17.5. The Bertz CT molecular complexity index is 846. The summed E-state index contributed by atoms with van der Waals surface area (Å²) in [7, 11) is -3.42. The van der Waals surface area contributed by atoms with Crippen molar-refractivity contribution in [3.8, 4) is 0 Å². The van der Waals surface area contributed by atoms with Gasteiger partial charge in [0.15, 0.2) is 0 Å². The Morgan fingerprint density at radius 2 is 1.63 bits per heavy atom. The van der Waals surface area contributed by atoms with Gasteiger partial charge in [0.1, 0.15) is 0 Å². The van der Waals surface area contributed by atoms with Gasteiger partial charge in [-0.1, -0.05) is 38.1 Å². The van der Waals surface area contributed by atoms with E-state index in [-0.39, 0.29) is 12.4 Å². The molecule has 0 amide bonds. The Kier molecular flexibility index (Phi) is 7.28. The molecule has 5 nitrogen and oxygen atoms in total. The standard InChI is InChI=1S/C20H27N3O2S.ClH/c1-16(2)18-6-8-20(9-7-18)26(24,25)23-12-10-22(11-13-23)15-17-4-3-5-19(21)14-17;/h3-9,14,16H,10-13,15,21H2,1-2H3;1H. The van der Waals surface area contributed by atoms with Crippen molar-refractivity contribution in [2.24, 2.45) is 0 Å². The van der Waals surface area contributed by atoms with Crippen molar-refractivity contribution >= 4 is 28.1 Å². The van der Waals surface area contributed by atoms with Crippen LogP contribution in [-0.4, -0.2) is 43.8 Å². The van der Waals surface area contributed by atoms with E-state index in [9.17, 15) is 8.42 Å². The highest BCUT2D eigenvalue weighted by atomic mass is 35.5. The molecule has 27 heavy (non-hydrogen) atoms. The van der Waals surface area contributed by atoms with Gasteiger partial charge in [-0.3, -0.25) is 4.90 Å². The van der Waals surface area contributed by atoms with Gasteiger partial charge in [0.2, 0.25) is 10.0 Å². The molecule has 0 aliphatic carbocycles. The molecule has 2 aromatic rings. The molecule has 7 heteroatoms. The third kappa shape index (κ3) is 5.23. The Balaban J connectivity index is 0.00000261. The fraction of sp³-hybridized carbons (Fsp3) is 0.400. The number of anilines is 1. The van der Waals surface area contributed by atoms with Gasteiger partial charge in [-0.2, -0.15) is 4.31 Å². The van der Waals surface area contributed by atoms with Crippen LogP contribution in [0, 0.1) is 0 Å². The van der Waals surface area contributed by atoms with Gasteiger partial charge in [-0.25, -0.2) is 8.42 Å². The van der Waals surface area contributed by atoms with Gasteiger partial charge in [0, 0.05) is 38.4 Å². The first-order valence-electron chi connectivity index (χ1n) is 9.03. The van der Waals surface area contributed by atoms with E-state index in [4.69, 9.17) is 5.73 Å². The maximum atomic E-state index is 12.9. The van der Waals surface area contributed by atoms with Crippen molar-refractivity contribution < 1.29 is 8.42 Å².